The fraction of sp³-hybridized carbons (Fsp3) is 0.194. The van der Waals surface area contributed by atoms with Gasteiger partial charge in [-0.2, -0.15) is 13.2 Å². The summed E-state index contributed by atoms with van der Waals surface area (Å²) in [4.78, 5) is 45.8. The summed E-state index contributed by atoms with van der Waals surface area (Å²) in [5, 5.41) is 14.3. The molecule has 5 rings (SSSR count). The van der Waals surface area contributed by atoms with Crippen molar-refractivity contribution in [3.8, 4) is 0 Å². The summed E-state index contributed by atoms with van der Waals surface area (Å²) in [6.07, 6.45) is 2.01. The maximum atomic E-state index is 13.4. The van der Waals surface area contributed by atoms with Crippen molar-refractivity contribution in [2.75, 3.05) is 21.3 Å². The minimum atomic E-state index is -4.46. The van der Waals surface area contributed by atoms with Crippen LogP contribution in [0.3, 0.4) is 0 Å². The third kappa shape index (κ3) is 8.89. The van der Waals surface area contributed by atoms with Crippen LogP contribution in [-0.2, 0) is 15.8 Å². The number of hydrogen-bond acceptors (Lipinski definition) is 7. The van der Waals surface area contributed by atoms with Gasteiger partial charge in [0.25, 0.3) is 5.91 Å². The zero-order valence-corrected chi connectivity index (χ0v) is 26.7. The summed E-state index contributed by atoms with van der Waals surface area (Å²) in [6.45, 7) is 6.71. The van der Waals surface area contributed by atoms with Crippen molar-refractivity contribution < 1.29 is 27.6 Å². The molecule has 10 nitrogen and oxygen atoms in total. The molecule has 4 aromatic rings. The van der Waals surface area contributed by atoms with Crippen LogP contribution in [0.15, 0.2) is 97.4 Å². The van der Waals surface area contributed by atoms with Gasteiger partial charge in [0, 0.05) is 28.3 Å². The van der Waals surface area contributed by atoms with Gasteiger partial charge >= 0.3 is 6.18 Å². The molecule has 0 aliphatic heterocycles. The molecule has 49 heavy (non-hydrogen) atoms. The van der Waals surface area contributed by atoms with E-state index in [1.54, 1.807) is 62.4 Å². The highest BCUT2D eigenvalue weighted by molar-refractivity contribution is 6.06. The Hall–Kier alpha value is -5.98. The topological polar surface area (TPSA) is 137 Å². The summed E-state index contributed by atoms with van der Waals surface area (Å²) in [7, 11) is 0. The van der Waals surface area contributed by atoms with Gasteiger partial charge < -0.3 is 26.6 Å². The number of hydrogen-bond donors (Lipinski definition) is 5. The maximum absolute atomic E-state index is 13.4. The Labute approximate surface area is 280 Å². The van der Waals surface area contributed by atoms with Crippen molar-refractivity contribution in [1.82, 2.24) is 15.3 Å². The number of aromatic nitrogens is 2. The molecule has 1 aliphatic rings. The van der Waals surface area contributed by atoms with E-state index < -0.39 is 35.5 Å². The fourth-order valence-corrected chi connectivity index (χ4v) is 4.96. The van der Waals surface area contributed by atoms with E-state index in [4.69, 9.17) is 0 Å². The molecule has 0 spiro atoms. The standard InChI is InChI=1S/C36H34F3N7O3/c1-4-31(47)42-22(3)33(48)44-26-12-7-13-27(17-26)46-35-40-19-29(20-41-35)45-34(49)30-18-28(15-14-21(30)2)43-32(23-8-5-9-23)24-10-6-11-25(16-24)36(37,38)39/h4,6-7,10-20,22,43H,1,5,8-9H2,2-3H3,(H,42,47)(H,44,48)(H,45,49)(H,40,41,46). The van der Waals surface area contributed by atoms with E-state index in [9.17, 15) is 27.6 Å². The van der Waals surface area contributed by atoms with E-state index >= 15 is 0 Å². The number of alkyl halides is 3. The summed E-state index contributed by atoms with van der Waals surface area (Å²) >= 11 is 0. The van der Waals surface area contributed by atoms with Gasteiger partial charge in [-0.25, -0.2) is 9.97 Å². The Kier molecular flexibility index (Phi) is 10.4. The number of carbonyl (C=O) groups excluding carboxylic acids is 3. The lowest BCUT2D eigenvalue weighted by Crippen LogP contribution is -2.40. The predicted molar refractivity (Wildman–Crippen MR) is 183 cm³/mol. The van der Waals surface area contributed by atoms with Gasteiger partial charge in [0.2, 0.25) is 17.8 Å². The highest BCUT2D eigenvalue weighted by atomic mass is 19.4. The van der Waals surface area contributed by atoms with Crippen LogP contribution in [0.25, 0.3) is 5.70 Å². The normalized spacial score (nSPS) is 13.0. The van der Waals surface area contributed by atoms with Crippen molar-refractivity contribution >= 4 is 52.1 Å². The maximum Gasteiger partial charge on any atom is 0.416 e. The minimum absolute atomic E-state index is 0.238. The molecule has 1 saturated carbocycles. The second-order valence-electron chi connectivity index (χ2n) is 11.4. The van der Waals surface area contributed by atoms with Crippen LogP contribution in [0.5, 0.6) is 0 Å². The van der Waals surface area contributed by atoms with E-state index in [2.05, 4.69) is 43.1 Å². The Morgan fingerprint density at radius 3 is 2.22 bits per heavy atom. The molecule has 0 saturated heterocycles. The van der Waals surface area contributed by atoms with Crippen LogP contribution < -0.4 is 26.6 Å². The van der Waals surface area contributed by atoms with E-state index in [1.165, 1.54) is 18.5 Å². The number of rotatable bonds is 11. The van der Waals surface area contributed by atoms with Gasteiger partial charge in [0.05, 0.1) is 23.6 Å². The molecule has 0 bridgehead atoms. The lowest BCUT2D eigenvalue weighted by Gasteiger charge is -2.24. The number of anilines is 5. The molecular formula is C36H34F3N7O3. The average Bonchev–Trinajstić information content (AvgIpc) is 3.05. The van der Waals surface area contributed by atoms with Gasteiger partial charge in [-0.3, -0.25) is 14.4 Å². The average molecular weight is 670 g/mol. The van der Waals surface area contributed by atoms with Gasteiger partial charge in [-0.05, 0) is 98.4 Å². The van der Waals surface area contributed by atoms with Crippen LogP contribution in [0, 0.1) is 6.92 Å². The van der Waals surface area contributed by atoms with Crippen molar-refractivity contribution in [1.29, 1.82) is 0 Å². The van der Waals surface area contributed by atoms with E-state index in [0.717, 1.165) is 43.0 Å². The fourth-order valence-electron chi connectivity index (χ4n) is 4.96. The molecule has 5 N–H and O–H groups in total. The zero-order valence-electron chi connectivity index (χ0n) is 26.7. The second-order valence-corrected chi connectivity index (χ2v) is 11.4. The molecule has 0 radical (unpaired) electrons. The van der Waals surface area contributed by atoms with Crippen LogP contribution >= 0.6 is 0 Å². The smallest absolute Gasteiger partial charge is 0.355 e. The first-order valence-corrected chi connectivity index (χ1v) is 15.4. The number of nitrogens with one attached hydrogen (secondary N) is 5. The van der Waals surface area contributed by atoms with Crippen molar-refractivity contribution in [3.63, 3.8) is 0 Å². The minimum Gasteiger partial charge on any atom is -0.355 e. The Bertz CT molecular complexity index is 1920. The number of amides is 3. The Morgan fingerprint density at radius 2 is 1.55 bits per heavy atom. The monoisotopic (exact) mass is 669 g/mol. The first-order valence-electron chi connectivity index (χ1n) is 15.4. The summed E-state index contributed by atoms with van der Waals surface area (Å²) < 4.78 is 40.3. The third-order valence-electron chi connectivity index (χ3n) is 7.77. The van der Waals surface area contributed by atoms with Crippen molar-refractivity contribution in [2.45, 2.75) is 45.3 Å². The molecular weight excluding hydrogens is 635 g/mol. The number of nitrogens with zero attached hydrogens (tertiary/aromatic N) is 2. The van der Waals surface area contributed by atoms with E-state index in [1.807, 2.05) is 0 Å². The first-order chi connectivity index (χ1) is 23.4. The number of allylic oxidation sites excluding steroid dienone is 1. The molecule has 1 aromatic heterocycles. The molecule has 1 aliphatic carbocycles. The summed E-state index contributed by atoms with van der Waals surface area (Å²) in [5.41, 5.74) is 4.38. The lowest BCUT2D eigenvalue weighted by atomic mass is 9.88. The lowest BCUT2D eigenvalue weighted by molar-refractivity contribution is -0.137. The highest BCUT2D eigenvalue weighted by Gasteiger charge is 2.31. The molecule has 252 valence electrons. The highest BCUT2D eigenvalue weighted by Crippen LogP contribution is 2.37. The largest absolute Gasteiger partial charge is 0.416 e. The summed E-state index contributed by atoms with van der Waals surface area (Å²) in [6, 6.07) is 16.5. The molecule has 3 amide bonds. The van der Waals surface area contributed by atoms with Gasteiger partial charge in [0.15, 0.2) is 0 Å². The molecule has 1 atom stereocenters. The number of halogens is 3. The van der Waals surface area contributed by atoms with Crippen LogP contribution in [0.4, 0.5) is 41.9 Å². The molecule has 13 heteroatoms. The van der Waals surface area contributed by atoms with Crippen LogP contribution in [-0.4, -0.2) is 33.7 Å². The third-order valence-corrected chi connectivity index (χ3v) is 7.77. The SMILES string of the molecule is C=CC(=O)NC(C)C(=O)Nc1cccc(Nc2ncc(NC(=O)c3cc(NC(=C4CCC4)c4cccc(C(F)(F)F)c4)ccc3C)cn2)c1. The van der Waals surface area contributed by atoms with Crippen LogP contribution in [0.1, 0.15) is 53.2 Å². The molecule has 3 aromatic carbocycles. The first kappa shape index (κ1) is 34.4. The van der Waals surface area contributed by atoms with Gasteiger partial charge in [-0.15, -0.1) is 0 Å². The van der Waals surface area contributed by atoms with Gasteiger partial charge in [-0.1, -0.05) is 30.8 Å². The zero-order chi connectivity index (χ0) is 35.1. The van der Waals surface area contributed by atoms with E-state index in [-0.39, 0.29) is 5.95 Å². The molecule has 1 heterocycles. The van der Waals surface area contributed by atoms with Crippen LogP contribution in [0.2, 0.25) is 0 Å². The second kappa shape index (κ2) is 14.8. The number of aryl methyl sites for hydroxylation is 1. The van der Waals surface area contributed by atoms with Gasteiger partial charge in [0.1, 0.15) is 6.04 Å². The molecule has 1 unspecified atom stereocenters. The Balaban J connectivity index is 1.24. The predicted octanol–water partition coefficient (Wildman–Crippen LogP) is 7.44. The number of carbonyl (C=O) groups is 3. The number of benzene rings is 3. The Morgan fingerprint density at radius 1 is 0.857 bits per heavy atom. The van der Waals surface area contributed by atoms with E-state index in [0.29, 0.717) is 45.1 Å². The quantitative estimate of drug-likeness (QED) is 0.105. The van der Waals surface area contributed by atoms with Crippen molar-refractivity contribution in [2.24, 2.45) is 0 Å². The molecule has 1 fully saturated rings. The van der Waals surface area contributed by atoms with Crippen molar-refractivity contribution in [3.05, 3.63) is 120 Å². The summed E-state index contributed by atoms with van der Waals surface area (Å²) in [5.74, 6) is -1.05.